The maximum absolute atomic E-state index is 11.6. The van der Waals surface area contributed by atoms with Crippen molar-refractivity contribution in [1.82, 2.24) is 9.97 Å². The average Bonchev–Trinajstić information content (AvgIpc) is 2.27. The van der Waals surface area contributed by atoms with E-state index in [4.69, 9.17) is 0 Å². The molecule has 2 aromatic rings. The number of aromatic nitrogens is 2. The predicted molar refractivity (Wildman–Crippen MR) is 58.7 cm³/mol. The van der Waals surface area contributed by atoms with Crippen LogP contribution in [0.3, 0.4) is 0 Å². The Kier molecular flexibility index (Phi) is 2.29. The molecule has 0 saturated carbocycles. The fourth-order valence-corrected chi connectivity index (χ4v) is 1.29. The first-order valence-corrected chi connectivity index (χ1v) is 4.60. The third-order valence-electron chi connectivity index (χ3n) is 2.07. The van der Waals surface area contributed by atoms with Gasteiger partial charge < -0.3 is 0 Å². The summed E-state index contributed by atoms with van der Waals surface area (Å²) in [6, 6.07) is 7.44. The van der Waals surface area contributed by atoms with Crippen LogP contribution in [0.5, 0.6) is 0 Å². The van der Waals surface area contributed by atoms with Crippen molar-refractivity contribution in [2.24, 2.45) is 0 Å². The van der Waals surface area contributed by atoms with Crippen LogP contribution in [-0.2, 0) is 0 Å². The topological polar surface area (TPSA) is 42.9 Å². The van der Waals surface area contributed by atoms with E-state index in [-0.39, 0.29) is 5.78 Å². The van der Waals surface area contributed by atoms with Crippen LogP contribution in [0.1, 0.15) is 17.4 Å². The number of allylic oxidation sites excluding steroid dienone is 1. The van der Waals surface area contributed by atoms with E-state index in [1.165, 1.54) is 6.20 Å². The van der Waals surface area contributed by atoms with Gasteiger partial charge in [-0.1, -0.05) is 18.7 Å². The summed E-state index contributed by atoms with van der Waals surface area (Å²) < 4.78 is 0. The van der Waals surface area contributed by atoms with Crippen molar-refractivity contribution in [2.75, 3.05) is 0 Å². The van der Waals surface area contributed by atoms with Crippen LogP contribution < -0.4 is 0 Å². The standard InChI is InChI=1S/C12H10N2O/c1-8(2)12(15)11-7-13-9-5-3-4-6-10(9)14-11/h3-7H,1H2,2H3. The van der Waals surface area contributed by atoms with Crippen molar-refractivity contribution >= 4 is 16.8 Å². The highest BCUT2D eigenvalue weighted by Gasteiger charge is 2.08. The molecule has 1 aromatic heterocycles. The van der Waals surface area contributed by atoms with Crippen LogP contribution in [0.25, 0.3) is 11.0 Å². The number of carbonyl (C=O) groups excluding carboxylic acids is 1. The van der Waals surface area contributed by atoms with E-state index < -0.39 is 0 Å². The molecule has 0 radical (unpaired) electrons. The normalized spacial score (nSPS) is 10.2. The quantitative estimate of drug-likeness (QED) is 0.549. The van der Waals surface area contributed by atoms with Crippen molar-refractivity contribution in [3.05, 3.63) is 48.3 Å². The Balaban J connectivity index is 2.56. The first kappa shape index (κ1) is 9.52. The number of Topliss-reactive ketones (excluding diaryl/α,β-unsaturated/α-hetero) is 1. The number of nitrogens with zero attached hydrogens (tertiary/aromatic N) is 2. The van der Waals surface area contributed by atoms with Crippen molar-refractivity contribution in [2.45, 2.75) is 6.92 Å². The second-order valence-corrected chi connectivity index (χ2v) is 3.35. The van der Waals surface area contributed by atoms with Crippen molar-refractivity contribution < 1.29 is 4.79 Å². The number of benzene rings is 1. The van der Waals surface area contributed by atoms with Gasteiger partial charge in [-0.2, -0.15) is 0 Å². The Hall–Kier alpha value is -2.03. The van der Waals surface area contributed by atoms with Crippen LogP contribution in [0.15, 0.2) is 42.6 Å². The highest BCUT2D eigenvalue weighted by molar-refractivity contribution is 6.07. The zero-order chi connectivity index (χ0) is 10.8. The maximum Gasteiger partial charge on any atom is 0.208 e. The summed E-state index contributed by atoms with van der Waals surface area (Å²) >= 11 is 0. The second kappa shape index (κ2) is 3.61. The van der Waals surface area contributed by atoms with E-state index in [0.717, 1.165) is 11.0 Å². The predicted octanol–water partition coefficient (Wildman–Crippen LogP) is 2.39. The van der Waals surface area contributed by atoms with Gasteiger partial charge >= 0.3 is 0 Å². The van der Waals surface area contributed by atoms with Crippen LogP contribution in [0.2, 0.25) is 0 Å². The van der Waals surface area contributed by atoms with Gasteiger partial charge in [0, 0.05) is 0 Å². The molecule has 0 saturated heterocycles. The smallest absolute Gasteiger partial charge is 0.208 e. The van der Waals surface area contributed by atoms with Gasteiger partial charge in [0.1, 0.15) is 5.69 Å². The molecule has 74 valence electrons. The molecule has 1 aromatic carbocycles. The lowest BCUT2D eigenvalue weighted by Crippen LogP contribution is -2.03. The molecule has 2 rings (SSSR count). The SMILES string of the molecule is C=C(C)C(=O)c1cnc2ccccc2n1. The van der Waals surface area contributed by atoms with Gasteiger partial charge in [0.2, 0.25) is 5.78 Å². The zero-order valence-corrected chi connectivity index (χ0v) is 8.40. The molecule has 0 spiro atoms. The van der Waals surface area contributed by atoms with Crippen LogP contribution in [-0.4, -0.2) is 15.8 Å². The van der Waals surface area contributed by atoms with Gasteiger partial charge in [-0.25, -0.2) is 4.98 Å². The molecule has 0 bridgehead atoms. The van der Waals surface area contributed by atoms with Gasteiger partial charge in [0.15, 0.2) is 0 Å². The third kappa shape index (κ3) is 1.76. The van der Waals surface area contributed by atoms with E-state index in [9.17, 15) is 4.79 Å². The Morgan fingerprint density at radius 1 is 1.27 bits per heavy atom. The van der Waals surface area contributed by atoms with Crippen molar-refractivity contribution in [3.8, 4) is 0 Å². The van der Waals surface area contributed by atoms with Gasteiger partial charge in [-0.3, -0.25) is 9.78 Å². The van der Waals surface area contributed by atoms with Gasteiger partial charge in [-0.05, 0) is 24.6 Å². The second-order valence-electron chi connectivity index (χ2n) is 3.35. The number of rotatable bonds is 2. The van der Waals surface area contributed by atoms with Crippen LogP contribution in [0, 0.1) is 0 Å². The molecule has 0 aliphatic carbocycles. The van der Waals surface area contributed by atoms with E-state index in [2.05, 4.69) is 16.5 Å². The number of hydrogen-bond acceptors (Lipinski definition) is 3. The molecule has 0 unspecified atom stereocenters. The lowest BCUT2D eigenvalue weighted by molar-refractivity contribution is 0.103. The summed E-state index contributed by atoms with van der Waals surface area (Å²) in [5, 5.41) is 0. The highest BCUT2D eigenvalue weighted by Crippen LogP contribution is 2.10. The molecule has 15 heavy (non-hydrogen) atoms. The van der Waals surface area contributed by atoms with E-state index in [0.29, 0.717) is 11.3 Å². The monoisotopic (exact) mass is 198 g/mol. The van der Waals surface area contributed by atoms with E-state index in [1.54, 1.807) is 6.92 Å². The molecule has 3 heteroatoms. The Morgan fingerprint density at radius 3 is 2.60 bits per heavy atom. The lowest BCUT2D eigenvalue weighted by Gasteiger charge is -2.00. The van der Waals surface area contributed by atoms with Gasteiger partial charge in [0.25, 0.3) is 0 Å². The Labute approximate surface area is 87.5 Å². The Morgan fingerprint density at radius 2 is 1.93 bits per heavy atom. The molecule has 0 atom stereocenters. The molecule has 1 heterocycles. The zero-order valence-electron chi connectivity index (χ0n) is 8.40. The molecule has 0 aliphatic rings. The maximum atomic E-state index is 11.6. The molecule has 0 aliphatic heterocycles. The van der Waals surface area contributed by atoms with Crippen molar-refractivity contribution in [3.63, 3.8) is 0 Å². The van der Waals surface area contributed by atoms with E-state index >= 15 is 0 Å². The minimum atomic E-state index is -0.159. The van der Waals surface area contributed by atoms with Crippen LogP contribution in [0.4, 0.5) is 0 Å². The molecule has 3 nitrogen and oxygen atoms in total. The third-order valence-corrected chi connectivity index (χ3v) is 2.07. The summed E-state index contributed by atoms with van der Waals surface area (Å²) in [6.45, 7) is 5.26. The first-order valence-electron chi connectivity index (χ1n) is 4.60. The molecule has 0 N–H and O–H groups in total. The van der Waals surface area contributed by atoms with Crippen molar-refractivity contribution in [1.29, 1.82) is 0 Å². The van der Waals surface area contributed by atoms with Gasteiger partial charge in [0.05, 0.1) is 17.2 Å². The summed E-state index contributed by atoms with van der Waals surface area (Å²) in [7, 11) is 0. The largest absolute Gasteiger partial charge is 0.287 e. The average molecular weight is 198 g/mol. The molecule has 0 fully saturated rings. The number of carbonyl (C=O) groups is 1. The number of fused-ring (bicyclic) bond motifs is 1. The number of ketones is 1. The van der Waals surface area contributed by atoms with Crippen LogP contribution >= 0.6 is 0 Å². The highest BCUT2D eigenvalue weighted by atomic mass is 16.1. The summed E-state index contributed by atoms with van der Waals surface area (Å²) in [6.07, 6.45) is 1.49. The molecular formula is C12H10N2O. The molecule has 0 amide bonds. The lowest BCUT2D eigenvalue weighted by atomic mass is 10.1. The van der Waals surface area contributed by atoms with E-state index in [1.807, 2.05) is 24.3 Å². The minimum Gasteiger partial charge on any atom is -0.287 e. The minimum absolute atomic E-state index is 0.159. The number of hydrogen-bond donors (Lipinski definition) is 0. The van der Waals surface area contributed by atoms with Gasteiger partial charge in [-0.15, -0.1) is 0 Å². The first-order chi connectivity index (χ1) is 7.18. The Bertz CT molecular complexity index is 546. The summed E-state index contributed by atoms with van der Waals surface area (Å²) in [5.74, 6) is -0.159. The fourth-order valence-electron chi connectivity index (χ4n) is 1.29. The summed E-state index contributed by atoms with van der Waals surface area (Å²) in [5.41, 5.74) is 2.33. The number of para-hydroxylation sites is 2. The molecular weight excluding hydrogens is 188 g/mol. The fraction of sp³-hybridized carbons (Fsp3) is 0.0833. The summed E-state index contributed by atoms with van der Waals surface area (Å²) in [4.78, 5) is 20.0.